The zero-order valence-corrected chi connectivity index (χ0v) is 10.5. The molecule has 3 rings (SSSR count). The third-order valence-corrected chi connectivity index (χ3v) is 2.98. The molecular formula is C10H11N5O2S. The van der Waals surface area contributed by atoms with Crippen molar-refractivity contribution in [2.24, 2.45) is 0 Å². The lowest BCUT2D eigenvalue weighted by Gasteiger charge is -2.07. The molecule has 18 heavy (non-hydrogen) atoms. The fourth-order valence-electron chi connectivity index (χ4n) is 1.44. The van der Waals surface area contributed by atoms with Crippen molar-refractivity contribution in [3.8, 4) is 0 Å². The van der Waals surface area contributed by atoms with Crippen LogP contribution in [0, 0.1) is 0 Å². The van der Waals surface area contributed by atoms with Crippen molar-refractivity contribution in [2.45, 2.75) is 24.1 Å². The van der Waals surface area contributed by atoms with Crippen LogP contribution in [-0.4, -0.2) is 38.0 Å². The smallest absolute Gasteiger partial charge is 0.414 e. The molecule has 1 amide bonds. The number of aromatic nitrogens is 4. The number of amides is 1. The van der Waals surface area contributed by atoms with Crippen LogP contribution in [0.1, 0.15) is 12.8 Å². The maximum Gasteiger partial charge on any atom is 0.414 e. The number of nitrogens with one attached hydrogen (secondary N) is 1. The Balaban J connectivity index is 1.88. The molecule has 0 saturated heterocycles. The Hall–Kier alpha value is -1.83. The Morgan fingerprint density at radius 1 is 1.56 bits per heavy atom. The van der Waals surface area contributed by atoms with Crippen LogP contribution in [-0.2, 0) is 4.74 Å². The van der Waals surface area contributed by atoms with Gasteiger partial charge in [0.25, 0.3) is 0 Å². The molecule has 1 fully saturated rings. The second-order valence-electron chi connectivity index (χ2n) is 3.86. The first kappa shape index (κ1) is 11.3. The highest BCUT2D eigenvalue weighted by Crippen LogP contribution is 2.24. The van der Waals surface area contributed by atoms with Crippen molar-refractivity contribution in [1.29, 1.82) is 0 Å². The van der Waals surface area contributed by atoms with Gasteiger partial charge in [-0.1, -0.05) is 11.8 Å². The molecule has 0 atom stereocenters. The van der Waals surface area contributed by atoms with Crippen LogP contribution in [0.15, 0.2) is 17.4 Å². The topological polar surface area (TPSA) is 81.4 Å². The number of rotatable bonds is 3. The highest BCUT2D eigenvalue weighted by atomic mass is 32.2. The highest BCUT2D eigenvalue weighted by molar-refractivity contribution is 7.98. The summed E-state index contributed by atoms with van der Waals surface area (Å²) < 4.78 is 6.57. The highest BCUT2D eigenvalue weighted by Gasteiger charge is 2.26. The Bertz CT molecular complexity index is 595. The largest absolute Gasteiger partial charge is 0.446 e. The van der Waals surface area contributed by atoms with Crippen molar-refractivity contribution in [2.75, 3.05) is 11.6 Å². The lowest BCUT2D eigenvalue weighted by molar-refractivity contribution is 0.154. The summed E-state index contributed by atoms with van der Waals surface area (Å²) in [6, 6.07) is 1.75. The van der Waals surface area contributed by atoms with Crippen molar-refractivity contribution in [1.82, 2.24) is 19.6 Å². The summed E-state index contributed by atoms with van der Waals surface area (Å²) in [5.74, 6) is 0.319. The lowest BCUT2D eigenvalue weighted by atomic mass is 10.7. The zero-order valence-electron chi connectivity index (χ0n) is 9.66. The monoisotopic (exact) mass is 265 g/mol. The summed E-state index contributed by atoms with van der Waals surface area (Å²) in [5.41, 5.74) is 0.635. The van der Waals surface area contributed by atoms with E-state index >= 15 is 0 Å². The maximum atomic E-state index is 11.6. The van der Waals surface area contributed by atoms with E-state index in [9.17, 15) is 4.79 Å². The summed E-state index contributed by atoms with van der Waals surface area (Å²) in [7, 11) is 0. The van der Waals surface area contributed by atoms with Crippen molar-refractivity contribution in [3.63, 3.8) is 0 Å². The van der Waals surface area contributed by atoms with E-state index in [1.54, 1.807) is 12.3 Å². The van der Waals surface area contributed by atoms with Gasteiger partial charge in [-0.25, -0.2) is 9.78 Å². The first-order valence-corrected chi connectivity index (χ1v) is 6.72. The fourth-order valence-corrected chi connectivity index (χ4v) is 1.80. The number of carbonyl (C=O) groups excluding carboxylic acids is 1. The number of carbonyl (C=O) groups is 1. The average molecular weight is 265 g/mol. The van der Waals surface area contributed by atoms with Crippen molar-refractivity contribution >= 4 is 29.5 Å². The van der Waals surface area contributed by atoms with Gasteiger partial charge in [0.15, 0.2) is 10.8 Å². The van der Waals surface area contributed by atoms with E-state index in [1.165, 1.54) is 16.3 Å². The maximum absolute atomic E-state index is 11.6. The summed E-state index contributed by atoms with van der Waals surface area (Å²) in [4.78, 5) is 20.0. The molecular weight excluding hydrogens is 254 g/mol. The molecule has 0 bridgehead atoms. The summed E-state index contributed by atoms with van der Waals surface area (Å²) in [5, 5.41) is 7.22. The number of anilines is 1. The predicted octanol–water partition coefficient (Wildman–Crippen LogP) is 1.56. The van der Waals surface area contributed by atoms with Gasteiger partial charge in [0.2, 0.25) is 5.95 Å². The van der Waals surface area contributed by atoms with Gasteiger partial charge in [0, 0.05) is 6.07 Å². The molecule has 2 heterocycles. The molecule has 2 aromatic heterocycles. The summed E-state index contributed by atoms with van der Waals surface area (Å²) >= 11 is 1.40. The SMILES string of the molecule is CSc1nc(NC(=O)OC2CC2)n2nccc2n1. The van der Waals surface area contributed by atoms with E-state index in [-0.39, 0.29) is 6.10 Å². The molecule has 2 aromatic rings. The predicted molar refractivity (Wildman–Crippen MR) is 65.7 cm³/mol. The van der Waals surface area contributed by atoms with Gasteiger partial charge in [-0.2, -0.15) is 14.6 Å². The molecule has 94 valence electrons. The van der Waals surface area contributed by atoms with Crippen molar-refractivity contribution in [3.05, 3.63) is 12.3 Å². The van der Waals surface area contributed by atoms with Crippen molar-refractivity contribution < 1.29 is 9.53 Å². The van der Waals surface area contributed by atoms with Crippen LogP contribution in [0.25, 0.3) is 5.65 Å². The minimum atomic E-state index is -0.500. The van der Waals surface area contributed by atoms with Gasteiger partial charge in [-0.3, -0.25) is 5.32 Å². The molecule has 1 N–H and O–H groups in total. The number of fused-ring (bicyclic) bond motifs is 1. The molecule has 0 unspecified atom stereocenters. The van der Waals surface area contributed by atoms with E-state index in [4.69, 9.17) is 4.74 Å². The van der Waals surface area contributed by atoms with Gasteiger partial charge in [0.1, 0.15) is 6.10 Å². The van der Waals surface area contributed by atoms with E-state index < -0.39 is 6.09 Å². The summed E-state index contributed by atoms with van der Waals surface area (Å²) in [6.45, 7) is 0. The lowest BCUT2D eigenvalue weighted by Crippen LogP contribution is -2.18. The van der Waals surface area contributed by atoms with Crippen LogP contribution in [0.4, 0.5) is 10.7 Å². The van der Waals surface area contributed by atoms with Crippen LogP contribution in [0.5, 0.6) is 0 Å². The second-order valence-corrected chi connectivity index (χ2v) is 4.64. The molecule has 0 spiro atoms. The van der Waals surface area contributed by atoms with Crippen LogP contribution >= 0.6 is 11.8 Å². The van der Waals surface area contributed by atoms with Gasteiger partial charge in [-0.05, 0) is 19.1 Å². The molecule has 8 heteroatoms. The van der Waals surface area contributed by atoms with E-state index in [1.807, 2.05) is 6.26 Å². The minimum absolute atomic E-state index is 0.0555. The quantitative estimate of drug-likeness (QED) is 0.848. The Morgan fingerprint density at radius 2 is 2.39 bits per heavy atom. The van der Waals surface area contributed by atoms with Gasteiger partial charge < -0.3 is 4.74 Å². The number of hydrogen-bond donors (Lipinski definition) is 1. The number of nitrogens with zero attached hydrogens (tertiary/aromatic N) is 4. The van der Waals surface area contributed by atoms with Gasteiger partial charge in [-0.15, -0.1) is 0 Å². The van der Waals surface area contributed by atoms with Crippen LogP contribution < -0.4 is 5.32 Å². The van der Waals surface area contributed by atoms with Crippen LogP contribution in [0.2, 0.25) is 0 Å². The molecule has 7 nitrogen and oxygen atoms in total. The van der Waals surface area contributed by atoms with E-state index in [0.29, 0.717) is 16.8 Å². The minimum Gasteiger partial charge on any atom is -0.446 e. The Labute approximate surface area is 107 Å². The number of hydrogen-bond acceptors (Lipinski definition) is 6. The molecule has 1 saturated carbocycles. The molecule has 1 aliphatic rings. The molecule has 1 aliphatic carbocycles. The summed E-state index contributed by atoms with van der Waals surface area (Å²) in [6.07, 6.45) is 4.90. The third kappa shape index (κ3) is 2.23. The van der Waals surface area contributed by atoms with E-state index in [2.05, 4.69) is 20.4 Å². The molecule has 0 aliphatic heterocycles. The zero-order chi connectivity index (χ0) is 12.5. The molecule has 0 aromatic carbocycles. The third-order valence-electron chi connectivity index (χ3n) is 2.43. The normalized spacial score (nSPS) is 14.7. The first-order valence-electron chi connectivity index (χ1n) is 5.49. The van der Waals surface area contributed by atoms with Gasteiger partial charge >= 0.3 is 6.09 Å². The number of thioether (sulfide) groups is 1. The average Bonchev–Trinajstić information content (AvgIpc) is 3.03. The number of ether oxygens (including phenoxy) is 1. The van der Waals surface area contributed by atoms with E-state index in [0.717, 1.165) is 12.8 Å². The fraction of sp³-hybridized carbons (Fsp3) is 0.400. The standard InChI is InChI=1S/C10H11N5O2S/c1-18-9-12-7-4-5-11-15(7)8(13-9)14-10(16)17-6-2-3-6/h4-6H,2-3H2,1H3,(H,12,13,14,16). The Kier molecular flexibility index (Phi) is 2.78. The van der Waals surface area contributed by atoms with Gasteiger partial charge in [0.05, 0.1) is 6.20 Å². The van der Waals surface area contributed by atoms with Crippen LogP contribution in [0.3, 0.4) is 0 Å². The first-order chi connectivity index (χ1) is 8.76. The second kappa shape index (κ2) is 4.45. The Morgan fingerprint density at radius 3 is 3.11 bits per heavy atom. The molecule has 0 radical (unpaired) electrons.